The predicted molar refractivity (Wildman–Crippen MR) is 189 cm³/mol. The zero-order valence-corrected chi connectivity index (χ0v) is 28.4. The van der Waals surface area contributed by atoms with Crippen LogP contribution >= 0.6 is 11.8 Å². The first-order valence-corrected chi connectivity index (χ1v) is 18.4. The minimum absolute atomic E-state index is 0.0125. The molecule has 1 aliphatic rings. The van der Waals surface area contributed by atoms with Crippen LogP contribution in [0.2, 0.25) is 0 Å². The van der Waals surface area contributed by atoms with Gasteiger partial charge in [-0.2, -0.15) is 0 Å². The van der Waals surface area contributed by atoms with E-state index in [1.54, 1.807) is 54.2 Å². The third-order valence-electron chi connectivity index (χ3n) is 8.58. The average Bonchev–Trinajstić information content (AvgIpc) is 3.14. The molecule has 4 atom stereocenters. The summed E-state index contributed by atoms with van der Waals surface area (Å²) >= 11 is 1.60. The van der Waals surface area contributed by atoms with Crippen molar-refractivity contribution in [3.05, 3.63) is 155 Å². The van der Waals surface area contributed by atoms with Crippen LogP contribution in [-0.2, 0) is 32.6 Å². The second-order valence-electron chi connectivity index (χ2n) is 11.9. The highest BCUT2D eigenvalue weighted by atomic mass is 32.2. The quantitative estimate of drug-likeness (QED) is 0.114. The molecular weight excluding hydrogens is 659 g/mol. The summed E-state index contributed by atoms with van der Waals surface area (Å²) in [6.07, 6.45) is -1.15. The number of thioether (sulfide) groups is 1. The molecule has 5 aromatic carbocycles. The van der Waals surface area contributed by atoms with Crippen LogP contribution in [-0.4, -0.2) is 36.5 Å². The van der Waals surface area contributed by atoms with Crippen molar-refractivity contribution >= 4 is 27.8 Å². The maximum Gasteiger partial charge on any atom is 0.335 e. The molecule has 1 saturated heterocycles. The fourth-order valence-electron chi connectivity index (χ4n) is 5.77. The van der Waals surface area contributed by atoms with E-state index in [0.29, 0.717) is 5.75 Å². The summed E-state index contributed by atoms with van der Waals surface area (Å²) in [5.74, 6) is -0.349. The minimum atomic E-state index is -3.65. The SMILES string of the molecule is CC1C(CSc2ccc(C(=O)O)cc2)OC(c2cccc(-c3cccc(CNS(=O)(=O)c4ccccc4)c3)c2)OC1c1ccc(CO)cc1. The maximum atomic E-state index is 12.8. The highest BCUT2D eigenvalue weighted by Crippen LogP contribution is 2.43. The summed E-state index contributed by atoms with van der Waals surface area (Å²) in [6, 6.07) is 38.6. The van der Waals surface area contributed by atoms with Gasteiger partial charge in [0, 0.05) is 28.7 Å². The normalized spacial score (nSPS) is 19.4. The van der Waals surface area contributed by atoms with Gasteiger partial charge in [-0.15, -0.1) is 11.8 Å². The van der Waals surface area contributed by atoms with Gasteiger partial charge in [0.1, 0.15) is 0 Å². The maximum absolute atomic E-state index is 12.8. The lowest BCUT2D eigenvalue weighted by molar-refractivity contribution is -0.268. The van der Waals surface area contributed by atoms with Gasteiger partial charge in [-0.1, -0.05) is 85.8 Å². The number of nitrogens with one attached hydrogen (secondary N) is 1. The van der Waals surface area contributed by atoms with E-state index in [4.69, 9.17) is 9.47 Å². The molecule has 1 fully saturated rings. The molecule has 6 rings (SSSR count). The Balaban J connectivity index is 1.23. The van der Waals surface area contributed by atoms with Crippen molar-refractivity contribution in [3.8, 4) is 11.1 Å². The number of hydrogen-bond acceptors (Lipinski definition) is 7. The first kappa shape index (κ1) is 34.6. The Labute approximate surface area is 290 Å². The lowest BCUT2D eigenvalue weighted by Crippen LogP contribution is -2.38. The van der Waals surface area contributed by atoms with E-state index in [2.05, 4.69) is 11.6 Å². The zero-order chi connectivity index (χ0) is 34.4. The van der Waals surface area contributed by atoms with Crippen molar-refractivity contribution in [1.29, 1.82) is 0 Å². The molecule has 0 aliphatic carbocycles. The van der Waals surface area contributed by atoms with Crippen molar-refractivity contribution in [1.82, 2.24) is 4.72 Å². The molecule has 5 aromatic rings. The summed E-state index contributed by atoms with van der Waals surface area (Å²) in [6.45, 7) is 2.21. The van der Waals surface area contributed by atoms with Crippen molar-refractivity contribution in [2.45, 2.75) is 48.4 Å². The molecule has 4 unspecified atom stereocenters. The van der Waals surface area contributed by atoms with E-state index in [-0.39, 0.29) is 41.7 Å². The van der Waals surface area contributed by atoms with Gasteiger partial charge in [0.2, 0.25) is 10.0 Å². The van der Waals surface area contributed by atoms with Gasteiger partial charge >= 0.3 is 5.97 Å². The van der Waals surface area contributed by atoms with Gasteiger partial charge in [0.25, 0.3) is 0 Å². The molecule has 0 radical (unpaired) electrons. The number of hydrogen-bond donors (Lipinski definition) is 3. The standard InChI is InChI=1S/C39H37NO7S2/c1-26-36(25-48-34-19-17-30(18-20-34)38(42)43)46-39(47-37(26)29-15-13-27(24-41)14-16-29)33-10-6-9-32(22-33)31-8-5-7-28(21-31)23-40-49(44,45)35-11-3-2-4-12-35/h2-22,26,36-37,39-41H,23-25H2,1H3,(H,42,43). The fraction of sp³-hybridized carbons (Fsp3) is 0.205. The Hall–Kier alpha value is -4.29. The Bertz CT molecular complexity index is 1980. The van der Waals surface area contributed by atoms with Crippen molar-refractivity contribution in [2.24, 2.45) is 5.92 Å². The number of carboxylic acids is 1. The van der Waals surface area contributed by atoms with Crippen molar-refractivity contribution < 1.29 is 32.9 Å². The number of ether oxygens (including phenoxy) is 2. The number of benzene rings is 5. The third kappa shape index (κ3) is 8.48. The van der Waals surface area contributed by atoms with Crippen LogP contribution in [0, 0.1) is 5.92 Å². The van der Waals surface area contributed by atoms with Crippen LogP contribution in [0.25, 0.3) is 11.1 Å². The van der Waals surface area contributed by atoms with E-state index in [1.807, 2.05) is 84.9 Å². The Morgan fingerprint density at radius 2 is 1.47 bits per heavy atom. The second-order valence-corrected chi connectivity index (χ2v) is 14.8. The lowest BCUT2D eigenvalue weighted by Gasteiger charge is -2.41. The van der Waals surface area contributed by atoms with E-state index in [1.165, 1.54) is 0 Å². The average molecular weight is 696 g/mol. The van der Waals surface area contributed by atoms with Gasteiger partial charge in [0.15, 0.2) is 6.29 Å². The zero-order valence-electron chi connectivity index (χ0n) is 26.8. The topological polar surface area (TPSA) is 122 Å². The molecule has 1 heterocycles. The number of aliphatic hydroxyl groups is 1. The van der Waals surface area contributed by atoms with Gasteiger partial charge in [-0.3, -0.25) is 0 Å². The van der Waals surface area contributed by atoms with Crippen LogP contribution in [0.15, 0.2) is 137 Å². The number of carbonyl (C=O) groups is 1. The summed E-state index contributed by atoms with van der Waals surface area (Å²) in [5.41, 5.74) is 5.57. The minimum Gasteiger partial charge on any atom is -0.478 e. The van der Waals surface area contributed by atoms with Gasteiger partial charge < -0.3 is 19.7 Å². The van der Waals surface area contributed by atoms with Gasteiger partial charge in [-0.05, 0) is 76.3 Å². The molecule has 0 saturated carbocycles. The van der Waals surface area contributed by atoms with Gasteiger partial charge in [0.05, 0.1) is 29.3 Å². The monoisotopic (exact) mass is 695 g/mol. The van der Waals surface area contributed by atoms with Crippen LogP contribution in [0.1, 0.15) is 51.9 Å². The molecule has 0 amide bonds. The Morgan fingerprint density at radius 1 is 0.776 bits per heavy atom. The fourth-order valence-corrected chi connectivity index (χ4v) is 7.88. The third-order valence-corrected chi connectivity index (χ3v) is 11.1. The molecule has 1 aliphatic heterocycles. The molecule has 49 heavy (non-hydrogen) atoms. The molecule has 3 N–H and O–H groups in total. The lowest BCUT2D eigenvalue weighted by atomic mass is 9.91. The van der Waals surface area contributed by atoms with E-state index >= 15 is 0 Å². The first-order valence-electron chi connectivity index (χ1n) is 15.9. The second kappa shape index (κ2) is 15.5. The highest BCUT2D eigenvalue weighted by molar-refractivity contribution is 7.99. The van der Waals surface area contributed by atoms with Gasteiger partial charge in [-0.25, -0.2) is 17.9 Å². The van der Waals surface area contributed by atoms with Crippen LogP contribution in [0.3, 0.4) is 0 Å². The molecular formula is C39H37NO7S2. The van der Waals surface area contributed by atoms with E-state index in [0.717, 1.165) is 38.3 Å². The summed E-state index contributed by atoms with van der Waals surface area (Å²) in [5, 5.41) is 18.9. The largest absolute Gasteiger partial charge is 0.478 e. The highest BCUT2D eigenvalue weighted by Gasteiger charge is 2.38. The van der Waals surface area contributed by atoms with E-state index in [9.17, 15) is 23.4 Å². The number of aromatic carboxylic acids is 1. The number of rotatable bonds is 12. The number of aliphatic hydroxyl groups excluding tert-OH is 1. The first-order chi connectivity index (χ1) is 23.7. The molecule has 252 valence electrons. The van der Waals surface area contributed by atoms with Crippen LogP contribution in [0.4, 0.5) is 0 Å². The van der Waals surface area contributed by atoms with E-state index < -0.39 is 22.3 Å². The summed E-state index contributed by atoms with van der Waals surface area (Å²) in [7, 11) is -3.65. The molecule has 8 nitrogen and oxygen atoms in total. The smallest absolute Gasteiger partial charge is 0.335 e. The van der Waals surface area contributed by atoms with Crippen molar-refractivity contribution in [3.63, 3.8) is 0 Å². The molecule has 10 heteroatoms. The number of sulfonamides is 1. The van der Waals surface area contributed by atoms with Crippen LogP contribution in [0.5, 0.6) is 0 Å². The molecule has 0 aromatic heterocycles. The molecule has 0 bridgehead atoms. The van der Waals surface area contributed by atoms with Crippen molar-refractivity contribution in [2.75, 3.05) is 5.75 Å². The summed E-state index contributed by atoms with van der Waals surface area (Å²) < 4.78 is 41.6. The number of carboxylic acid groups (broad SMARTS) is 1. The summed E-state index contributed by atoms with van der Waals surface area (Å²) in [4.78, 5) is 12.5. The predicted octanol–water partition coefficient (Wildman–Crippen LogP) is 7.61. The van der Waals surface area contributed by atoms with Crippen LogP contribution < -0.4 is 4.72 Å². The Kier molecular flexibility index (Phi) is 10.9. The Morgan fingerprint density at radius 3 is 2.16 bits per heavy atom. The molecule has 0 spiro atoms.